The normalized spacial score (nSPS) is 11.7. The van der Waals surface area contributed by atoms with Gasteiger partial charge >= 0.3 is 5.97 Å². The first kappa shape index (κ1) is 10.8. The Labute approximate surface area is 83.5 Å². The molecule has 0 unspecified atom stereocenters. The molecule has 1 N–H and O–H groups in total. The molecule has 0 aromatic carbocycles. The van der Waals surface area contributed by atoms with Crippen molar-refractivity contribution in [3.63, 3.8) is 0 Å². The van der Waals surface area contributed by atoms with E-state index >= 15 is 0 Å². The molecule has 0 aliphatic heterocycles. The summed E-state index contributed by atoms with van der Waals surface area (Å²) in [6, 6.07) is 0. The van der Waals surface area contributed by atoms with Crippen molar-refractivity contribution < 1.29 is 9.90 Å². The van der Waals surface area contributed by atoms with Crippen molar-refractivity contribution in [2.45, 2.75) is 32.6 Å². The summed E-state index contributed by atoms with van der Waals surface area (Å²) in [7, 11) is 1.84. The summed E-state index contributed by atoms with van der Waals surface area (Å²) in [6.45, 7) is 6.15. The van der Waals surface area contributed by atoms with Crippen molar-refractivity contribution in [3.8, 4) is 0 Å². The fraction of sp³-hybridized carbons (Fsp3) is 0.600. The lowest BCUT2D eigenvalue weighted by molar-refractivity contribution is -0.136. The number of hydrogen-bond donors (Lipinski definition) is 1. The minimum atomic E-state index is -0.816. The van der Waals surface area contributed by atoms with Crippen molar-refractivity contribution in [2.75, 3.05) is 0 Å². The molecule has 1 aromatic heterocycles. The van der Waals surface area contributed by atoms with Gasteiger partial charge in [0.2, 0.25) is 0 Å². The lowest BCUT2D eigenvalue weighted by Gasteiger charge is -2.20. The molecule has 0 fully saturated rings. The van der Waals surface area contributed by atoms with E-state index in [1.54, 1.807) is 10.9 Å². The quantitative estimate of drug-likeness (QED) is 0.776. The van der Waals surface area contributed by atoms with E-state index < -0.39 is 5.97 Å². The number of aryl methyl sites for hydroxylation is 1. The summed E-state index contributed by atoms with van der Waals surface area (Å²) >= 11 is 0. The zero-order valence-corrected chi connectivity index (χ0v) is 9.03. The van der Waals surface area contributed by atoms with E-state index in [0.29, 0.717) is 0 Å². The van der Waals surface area contributed by atoms with Crippen LogP contribution in [-0.4, -0.2) is 20.9 Å². The topological polar surface area (TPSA) is 55.1 Å². The van der Waals surface area contributed by atoms with E-state index in [9.17, 15) is 4.79 Å². The highest BCUT2D eigenvalue weighted by atomic mass is 16.4. The Bertz CT molecular complexity index is 347. The van der Waals surface area contributed by atoms with Crippen molar-refractivity contribution in [3.05, 3.63) is 17.5 Å². The number of carboxylic acids is 1. The van der Waals surface area contributed by atoms with Crippen LogP contribution >= 0.6 is 0 Å². The maximum Gasteiger partial charge on any atom is 0.307 e. The summed E-state index contributed by atoms with van der Waals surface area (Å²) < 4.78 is 1.75. The van der Waals surface area contributed by atoms with Crippen LogP contribution in [0.4, 0.5) is 0 Å². The van der Waals surface area contributed by atoms with E-state index in [2.05, 4.69) is 25.9 Å². The Morgan fingerprint density at radius 1 is 1.57 bits per heavy atom. The predicted molar refractivity (Wildman–Crippen MR) is 53.2 cm³/mol. The Kier molecular flexibility index (Phi) is 2.64. The van der Waals surface area contributed by atoms with Gasteiger partial charge in [-0.25, -0.2) is 0 Å². The van der Waals surface area contributed by atoms with Gasteiger partial charge in [-0.3, -0.25) is 9.48 Å². The van der Waals surface area contributed by atoms with Gasteiger partial charge in [0.25, 0.3) is 0 Å². The third-order valence-electron chi connectivity index (χ3n) is 2.07. The lowest BCUT2D eigenvalue weighted by atomic mass is 9.88. The number of rotatable bonds is 2. The Balaban J connectivity index is 3.13. The van der Waals surface area contributed by atoms with E-state index in [0.717, 1.165) is 11.3 Å². The molecule has 0 saturated carbocycles. The third-order valence-corrected chi connectivity index (χ3v) is 2.07. The number of hydrogen-bond acceptors (Lipinski definition) is 2. The molecule has 1 aromatic rings. The molecule has 0 amide bonds. The molecule has 0 bridgehead atoms. The van der Waals surface area contributed by atoms with Crippen LogP contribution in [0.25, 0.3) is 0 Å². The van der Waals surface area contributed by atoms with Crippen LogP contribution in [0.5, 0.6) is 0 Å². The van der Waals surface area contributed by atoms with E-state index in [-0.39, 0.29) is 11.8 Å². The fourth-order valence-corrected chi connectivity index (χ4v) is 1.74. The van der Waals surface area contributed by atoms with Crippen molar-refractivity contribution in [2.24, 2.45) is 7.05 Å². The van der Waals surface area contributed by atoms with Gasteiger partial charge in [-0.2, -0.15) is 5.10 Å². The number of nitrogens with zero attached hydrogens (tertiary/aromatic N) is 2. The maximum atomic E-state index is 10.6. The van der Waals surface area contributed by atoms with Gasteiger partial charge in [0.15, 0.2) is 0 Å². The lowest BCUT2D eigenvalue weighted by Crippen LogP contribution is -2.19. The molecule has 1 heterocycles. The average molecular weight is 196 g/mol. The molecule has 78 valence electrons. The molecule has 0 aliphatic rings. The maximum absolute atomic E-state index is 10.6. The predicted octanol–water partition coefficient (Wildman–Crippen LogP) is 1.34. The second-order valence-corrected chi connectivity index (χ2v) is 4.46. The van der Waals surface area contributed by atoms with Gasteiger partial charge in [0, 0.05) is 23.7 Å². The zero-order chi connectivity index (χ0) is 10.9. The molecule has 14 heavy (non-hydrogen) atoms. The molecular formula is C10H16N2O2. The monoisotopic (exact) mass is 196 g/mol. The van der Waals surface area contributed by atoms with Crippen LogP contribution in [0.3, 0.4) is 0 Å². The standard InChI is InChI=1S/C10H16N2O2/c1-10(2,3)9-7(5-8(13)14)6-11-12(9)4/h6H,5H2,1-4H3,(H,13,14). The van der Waals surface area contributed by atoms with Gasteiger partial charge < -0.3 is 5.11 Å². The molecule has 4 nitrogen and oxygen atoms in total. The smallest absolute Gasteiger partial charge is 0.307 e. The molecule has 0 aliphatic carbocycles. The van der Waals surface area contributed by atoms with Gasteiger partial charge in [-0.15, -0.1) is 0 Å². The molecule has 0 saturated heterocycles. The Morgan fingerprint density at radius 3 is 2.57 bits per heavy atom. The van der Waals surface area contributed by atoms with Gasteiger partial charge in [-0.05, 0) is 0 Å². The van der Waals surface area contributed by atoms with E-state index in [4.69, 9.17) is 5.11 Å². The van der Waals surface area contributed by atoms with Crippen LogP contribution < -0.4 is 0 Å². The summed E-state index contributed by atoms with van der Waals surface area (Å²) in [5.74, 6) is -0.816. The highest BCUT2D eigenvalue weighted by Crippen LogP contribution is 2.25. The zero-order valence-electron chi connectivity index (χ0n) is 9.03. The number of carboxylic acid groups (broad SMARTS) is 1. The van der Waals surface area contributed by atoms with Crippen molar-refractivity contribution in [1.29, 1.82) is 0 Å². The minimum Gasteiger partial charge on any atom is -0.481 e. The summed E-state index contributed by atoms with van der Waals surface area (Å²) in [5.41, 5.74) is 1.71. The molecular weight excluding hydrogens is 180 g/mol. The van der Waals surface area contributed by atoms with Gasteiger partial charge in [0.05, 0.1) is 12.6 Å². The van der Waals surface area contributed by atoms with E-state index in [1.807, 2.05) is 7.05 Å². The highest BCUT2D eigenvalue weighted by molar-refractivity contribution is 5.70. The van der Waals surface area contributed by atoms with Crippen LogP contribution in [-0.2, 0) is 23.7 Å². The number of aromatic nitrogens is 2. The fourth-order valence-electron chi connectivity index (χ4n) is 1.74. The first-order valence-electron chi connectivity index (χ1n) is 4.55. The first-order chi connectivity index (χ1) is 6.32. The van der Waals surface area contributed by atoms with Crippen molar-refractivity contribution >= 4 is 5.97 Å². The summed E-state index contributed by atoms with van der Waals surface area (Å²) in [4.78, 5) is 10.6. The highest BCUT2D eigenvalue weighted by Gasteiger charge is 2.23. The van der Waals surface area contributed by atoms with Crippen molar-refractivity contribution in [1.82, 2.24) is 9.78 Å². The molecule has 1 rings (SSSR count). The second-order valence-electron chi connectivity index (χ2n) is 4.46. The van der Waals surface area contributed by atoms with Gasteiger partial charge in [-0.1, -0.05) is 20.8 Å². The molecule has 0 radical (unpaired) electrons. The Hall–Kier alpha value is -1.32. The summed E-state index contributed by atoms with van der Waals surface area (Å²) in [5, 5.41) is 12.8. The number of aliphatic carboxylic acids is 1. The van der Waals surface area contributed by atoms with Gasteiger partial charge in [0.1, 0.15) is 0 Å². The van der Waals surface area contributed by atoms with Crippen LogP contribution in [0.15, 0.2) is 6.20 Å². The minimum absolute atomic E-state index is 0.0421. The molecule has 4 heteroatoms. The van der Waals surface area contributed by atoms with Crippen LogP contribution in [0.2, 0.25) is 0 Å². The second kappa shape index (κ2) is 3.44. The summed E-state index contributed by atoms with van der Waals surface area (Å²) in [6.07, 6.45) is 1.68. The molecule has 0 atom stereocenters. The van der Waals surface area contributed by atoms with Crippen LogP contribution in [0, 0.1) is 0 Å². The first-order valence-corrected chi connectivity index (χ1v) is 4.55. The average Bonchev–Trinajstić information content (AvgIpc) is 2.28. The third kappa shape index (κ3) is 2.13. The SMILES string of the molecule is Cn1ncc(CC(=O)O)c1C(C)(C)C. The number of carbonyl (C=O) groups is 1. The van der Waals surface area contributed by atoms with E-state index in [1.165, 1.54) is 0 Å². The largest absolute Gasteiger partial charge is 0.481 e. The molecule has 0 spiro atoms. The Morgan fingerprint density at radius 2 is 2.14 bits per heavy atom. The van der Waals surface area contributed by atoms with Crippen LogP contribution in [0.1, 0.15) is 32.0 Å².